The Morgan fingerprint density at radius 2 is 2.42 bits per heavy atom. The van der Waals surface area contributed by atoms with E-state index in [2.05, 4.69) is 5.32 Å². The summed E-state index contributed by atoms with van der Waals surface area (Å²) in [7, 11) is 0. The van der Waals surface area contributed by atoms with Crippen molar-refractivity contribution in [3.63, 3.8) is 0 Å². The first kappa shape index (κ1) is 10.2. The molecule has 1 amide bonds. The molecule has 1 unspecified atom stereocenters. The lowest BCUT2D eigenvalue weighted by atomic mass is 10.4. The standard InChI is InChI=1S/C7H14N2OS2/c8-1-2-9-7(10)6-5-11-3-4-12-6/h6H,1-5,8H2,(H,9,10). The minimum absolute atomic E-state index is 0.148. The minimum atomic E-state index is 0.148. The molecule has 0 aliphatic carbocycles. The number of carbonyl (C=O) groups is 1. The maximum absolute atomic E-state index is 11.4. The maximum atomic E-state index is 11.4. The Bertz CT molecular complexity index is 148. The second-order valence-electron chi connectivity index (χ2n) is 2.51. The lowest BCUT2D eigenvalue weighted by Crippen LogP contribution is -2.38. The molecule has 0 aromatic carbocycles. The van der Waals surface area contributed by atoms with E-state index in [0.29, 0.717) is 13.1 Å². The van der Waals surface area contributed by atoms with Gasteiger partial charge in [0.1, 0.15) is 0 Å². The van der Waals surface area contributed by atoms with Crippen LogP contribution in [0.15, 0.2) is 0 Å². The van der Waals surface area contributed by atoms with Crippen LogP contribution in [0, 0.1) is 0 Å². The first-order valence-corrected chi connectivity index (χ1v) is 6.22. The van der Waals surface area contributed by atoms with Gasteiger partial charge < -0.3 is 11.1 Å². The number of thioether (sulfide) groups is 2. The van der Waals surface area contributed by atoms with E-state index in [1.165, 1.54) is 5.75 Å². The molecule has 0 bridgehead atoms. The Morgan fingerprint density at radius 1 is 1.58 bits per heavy atom. The molecule has 1 heterocycles. The van der Waals surface area contributed by atoms with Crippen molar-refractivity contribution in [2.45, 2.75) is 5.25 Å². The van der Waals surface area contributed by atoms with Gasteiger partial charge in [-0.05, 0) is 0 Å². The third-order valence-electron chi connectivity index (χ3n) is 1.55. The van der Waals surface area contributed by atoms with Gasteiger partial charge in [-0.3, -0.25) is 4.79 Å². The molecule has 1 rings (SSSR count). The van der Waals surface area contributed by atoms with Crippen LogP contribution in [-0.2, 0) is 4.79 Å². The lowest BCUT2D eigenvalue weighted by Gasteiger charge is -2.19. The highest BCUT2D eigenvalue weighted by Crippen LogP contribution is 2.23. The fourth-order valence-electron chi connectivity index (χ4n) is 0.948. The maximum Gasteiger partial charge on any atom is 0.234 e. The Labute approximate surface area is 81.2 Å². The molecule has 1 aliphatic rings. The average Bonchev–Trinajstić information content (AvgIpc) is 2.15. The molecule has 0 radical (unpaired) electrons. The summed E-state index contributed by atoms with van der Waals surface area (Å²) in [4.78, 5) is 11.4. The van der Waals surface area contributed by atoms with Gasteiger partial charge in [0.25, 0.3) is 0 Å². The summed E-state index contributed by atoms with van der Waals surface area (Å²) in [6, 6.07) is 0. The molecule has 5 heteroatoms. The van der Waals surface area contributed by atoms with Gasteiger partial charge >= 0.3 is 0 Å². The molecule has 3 nitrogen and oxygen atoms in total. The Hall–Kier alpha value is 0.130. The summed E-state index contributed by atoms with van der Waals surface area (Å²) in [5.41, 5.74) is 5.28. The molecule has 0 spiro atoms. The monoisotopic (exact) mass is 206 g/mol. The van der Waals surface area contributed by atoms with Crippen LogP contribution < -0.4 is 11.1 Å². The molecule has 1 atom stereocenters. The highest BCUT2D eigenvalue weighted by Gasteiger charge is 2.21. The van der Waals surface area contributed by atoms with Gasteiger partial charge in [-0.15, -0.1) is 11.8 Å². The Balaban J connectivity index is 2.20. The second kappa shape index (κ2) is 5.72. The summed E-state index contributed by atoms with van der Waals surface area (Å²) in [6.45, 7) is 1.12. The van der Waals surface area contributed by atoms with Crippen molar-refractivity contribution in [1.29, 1.82) is 0 Å². The normalized spacial score (nSPS) is 23.6. The van der Waals surface area contributed by atoms with Crippen LogP contribution in [0.4, 0.5) is 0 Å². The largest absolute Gasteiger partial charge is 0.354 e. The number of rotatable bonds is 3. The summed E-state index contributed by atoms with van der Waals surface area (Å²) >= 11 is 3.60. The van der Waals surface area contributed by atoms with Crippen LogP contribution in [0.2, 0.25) is 0 Å². The zero-order valence-corrected chi connectivity index (χ0v) is 8.55. The Kier molecular flexibility index (Phi) is 4.87. The third-order valence-corrected chi connectivity index (χ3v) is 4.31. The smallest absolute Gasteiger partial charge is 0.234 e. The van der Waals surface area contributed by atoms with E-state index < -0.39 is 0 Å². The number of amides is 1. The highest BCUT2D eigenvalue weighted by atomic mass is 32.2. The van der Waals surface area contributed by atoms with E-state index in [4.69, 9.17) is 5.73 Å². The van der Waals surface area contributed by atoms with Crippen molar-refractivity contribution in [2.24, 2.45) is 5.73 Å². The highest BCUT2D eigenvalue weighted by molar-refractivity contribution is 8.07. The molecule has 0 aromatic heterocycles. The van der Waals surface area contributed by atoms with Gasteiger partial charge in [-0.25, -0.2) is 0 Å². The molecule has 1 fully saturated rings. The molecule has 3 N–H and O–H groups in total. The Morgan fingerprint density at radius 3 is 3.00 bits per heavy atom. The van der Waals surface area contributed by atoms with Crippen LogP contribution >= 0.6 is 23.5 Å². The first-order chi connectivity index (χ1) is 5.84. The molecular formula is C7H14N2OS2. The predicted molar refractivity (Wildman–Crippen MR) is 55.6 cm³/mol. The zero-order chi connectivity index (χ0) is 8.81. The van der Waals surface area contributed by atoms with E-state index in [9.17, 15) is 4.79 Å². The number of nitrogens with one attached hydrogen (secondary N) is 1. The van der Waals surface area contributed by atoms with Gasteiger partial charge in [0, 0.05) is 30.3 Å². The number of nitrogens with two attached hydrogens (primary N) is 1. The van der Waals surface area contributed by atoms with Gasteiger partial charge in [-0.2, -0.15) is 11.8 Å². The fraction of sp³-hybridized carbons (Fsp3) is 0.857. The van der Waals surface area contributed by atoms with Crippen molar-refractivity contribution in [1.82, 2.24) is 5.32 Å². The molecular weight excluding hydrogens is 192 g/mol. The molecule has 1 aliphatic heterocycles. The molecule has 1 saturated heterocycles. The summed E-state index contributed by atoms with van der Waals surface area (Å²) in [5.74, 6) is 3.36. The van der Waals surface area contributed by atoms with Crippen LogP contribution in [0.3, 0.4) is 0 Å². The molecule has 0 saturated carbocycles. The van der Waals surface area contributed by atoms with Crippen molar-refractivity contribution >= 4 is 29.4 Å². The molecule has 12 heavy (non-hydrogen) atoms. The molecule has 70 valence electrons. The number of hydrogen-bond donors (Lipinski definition) is 2. The van der Waals surface area contributed by atoms with Crippen LogP contribution in [0.5, 0.6) is 0 Å². The van der Waals surface area contributed by atoms with Gasteiger partial charge in [0.15, 0.2) is 0 Å². The summed E-state index contributed by atoms with van der Waals surface area (Å²) < 4.78 is 0. The lowest BCUT2D eigenvalue weighted by molar-refractivity contribution is -0.120. The SMILES string of the molecule is NCCNC(=O)C1CSCCS1. The second-order valence-corrected chi connectivity index (χ2v) is 4.97. The summed E-state index contributed by atoms with van der Waals surface area (Å²) in [5, 5.41) is 2.95. The van der Waals surface area contributed by atoms with E-state index >= 15 is 0 Å². The topological polar surface area (TPSA) is 55.1 Å². The van der Waals surface area contributed by atoms with Crippen molar-refractivity contribution in [2.75, 3.05) is 30.3 Å². The van der Waals surface area contributed by atoms with Crippen molar-refractivity contribution < 1.29 is 4.79 Å². The van der Waals surface area contributed by atoms with E-state index in [1.54, 1.807) is 11.8 Å². The van der Waals surface area contributed by atoms with Crippen LogP contribution in [0.25, 0.3) is 0 Å². The first-order valence-electron chi connectivity index (χ1n) is 4.01. The zero-order valence-electron chi connectivity index (χ0n) is 6.91. The fourth-order valence-corrected chi connectivity index (χ4v) is 3.53. The van der Waals surface area contributed by atoms with Gasteiger partial charge in [0.05, 0.1) is 5.25 Å². The van der Waals surface area contributed by atoms with Gasteiger partial charge in [-0.1, -0.05) is 0 Å². The summed E-state index contributed by atoms with van der Waals surface area (Å²) in [6.07, 6.45) is 0. The van der Waals surface area contributed by atoms with E-state index in [1.807, 2.05) is 11.8 Å². The third kappa shape index (κ3) is 3.25. The minimum Gasteiger partial charge on any atom is -0.354 e. The van der Waals surface area contributed by atoms with Crippen molar-refractivity contribution in [3.8, 4) is 0 Å². The van der Waals surface area contributed by atoms with Crippen molar-refractivity contribution in [3.05, 3.63) is 0 Å². The molecule has 0 aromatic rings. The van der Waals surface area contributed by atoms with Gasteiger partial charge in [0.2, 0.25) is 5.91 Å². The average molecular weight is 206 g/mol. The number of hydrogen-bond acceptors (Lipinski definition) is 4. The van der Waals surface area contributed by atoms with E-state index in [0.717, 1.165) is 11.5 Å². The number of carbonyl (C=O) groups excluding carboxylic acids is 1. The predicted octanol–water partition coefficient (Wildman–Crippen LogP) is -0.0901. The van der Waals surface area contributed by atoms with Crippen LogP contribution in [-0.4, -0.2) is 41.5 Å². The quantitative estimate of drug-likeness (QED) is 0.677. The van der Waals surface area contributed by atoms with E-state index in [-0.39, 0.29) is 11.2 Å². The van der Waals surface area contributed by atoms with Crippen LogP contribution in [0.1, 0.15) is 0 Å².